The lowest BCUT2D eigenvalue weighted by atomic mass is 9.92. The number of nitrogens with zero attached hydrogens (tertiary/aromatic N) is 1. The number of benzene rings is 3. The zero-order valence-electron chi connectivity index (χ0n) is 20.4. The van der Waals surface area contributed by atoms with Crippen molar-refractivity contribution in [3.8, 4) is 11.1 Å². The number of alkyl halides is 3. The molecule has 0 spiro atoms. The van der Waals surface area contributed by atoms with Gasteiger partial charge in [0.2, 0.25) is 0 Å². The summed E-state index contributed by atoms with van der Waals surface area (Å²) < 4.78 is 57.0. The average molecular weight is 498 g/mol. The first-order valence-corrected chi connectivity index (χ1v) is 11.7. The maximum absolute atomic E-state index is 15.7. The summed E-state index contributed by atoms with van der Waals surface area (Å²) in [6.45, 7) is 7.57. The second-order valence-electron chi connectivity index (χ2n) is 9.62. The number of hydrogen-bond donors (Lipinski definition) is 1. The largest absolute Gasteiger partial charge is 0.478 e. The Bertz CT molecular complexity index is 1430. The second kappa shape index (κ2) is 9.45. The quantitative estimate of drug-likeness (QED) is 0.272. The highest BCUT2D eigenvalue weighted by Crippen LogP contribution is 2.39. The molecule has 0 saturated heterocycles. The van der Waals surface area contributed by atoms with E-state index in [9.17, 15) is 23.1 Å². The molecule has 1 unspecified atom stereocenters. The summed E-state index contributed by atoms with van der Waals surface area (Å²) in [6.07, 6.45) is -1.92. The van der Waals surface area contributed by atoms with E-state index in [2.05, 4.69) is 13.8 Å². The van der Waals surface area contributed by atoms with Gasteiger partial charge in [0, 0.05) is 11.6 Å². The van der Waals surface area contributed by atoms with Crippen molar-refractivity contribution in [3.63, 3.8) is 0 Å². The van der Waals surface area contributed by atoms with E-state index in [4.69, 9.17) is 0 Å². The maximum Gasteiger partial charge on any atom is 0.416 e. The first-order valence-electron chi connectivity index (χ1n) is 11.7. The molecule has 1 heterocycles. The first kappa shape index (κ1) is 25.5. The number of aromatic carboxylic acids is 1. The number of aryl methyl sites for hydroxylation is 2. The van der Waals surface area contributed by atoms with Crippen LogP contribution in [0.2, 0.25) is 0 Å². The first-order chi connectivity index (χ1) is 16.9. The number of carboxylic acid groups (broad SMARTS) is 1. The molecule has 7 heteroatoms. The summed E-state index contributed by atoms with van der Waals surface area (Å²) in [6, 6.07) is 13.1. The smallest absolute Gasteiger partial charge is 0.416 e. The third-order valence-corrected chi connectivity index (χ3v) is 6.64. The number of halogens is 4. The Morgan fingerprint density at radius 1 is 0.972 bits per heavy atom. The van der Waals surface area contributed by atoms with Gasteiger partial charge in [-0.25, -0.2) is 9.18 Å². The van der Waals surface area contributed by atoms with Gasteiger partial charge in [-0.2, -0.15) is 13.2 Å². The van der Waals surface area contributed by atoms with Gasteiger partial charge < -0.3 is 9.67 Å². The van der Waals surface area contributed by atoms with Gasteiger partial charge in [0.1, 0.15) is 5.82 Å². The Labute approximate surface area is 207 Å². The van der Waals surface area contributed by atoms with Crippen LogP contribution in [0.1, 0.15) is 58.9 Å². The van der Waals surface area contributed by atoms with Gasteiger partial charge in [0.05, 0.1) is 22.7 Å². The Hall–Kier alpha value is -3.61. The normalized spacial score (nSPS) is 12.9. The molecule has 0 bridgehead atoms. The lowest BCUT2D eigenvalue weighted by molar-refractivity contribution is -0.137. The Morgan fingerprint density at radius 2 is 1.64 bits per heavy atom. The van der Waals surface area contributed by atoms with Crippen LogP contribution in [-0.2, 0) is 6.18 Å². The Kier molecular flexibility index (Phi) is 6.69. The van der Waals surface area contributed by atoms with E-state index in [1.807, 2.05) is 23.8 Å². The van der Waals surface area contributed by atoms with E-state index in [1.54, 1.807) is 31.2 Å². The number of aromatic nitrogens is 1. The van der Waals surface area contributed by atoms with Crippen molar-refractivity contribution >= 4 is 16.9 Å². The van der Waals surface area contributed by atoms with Crippen LogP contribution in [0.15, 0.2) is 60.8 Å². The molecule has 1 aromatic heterocycles. The zero-order chi connectivity index (χ0) is 26.4. The van der Waals surface area contributed by atoms with Crippen LogP contribution in [0.5, 0.6) is 0 Å². The Morgan fingerprint density at radius 3 is 2.19 bits per heavy atom. The van der Waals surface area contributed by atoms with Crippen molar-refractivity contribution in [2.24, 2.45) is 5.92 Å². The molecule has 4 aromatic rings. The van der Waals surface area contributed by atoms with E-state index < -0.39 is 23.5 Å². The van der Waals surface area contributed by atoms with Crippen molar-refractivity contribution in [1.82, 2.24) is 4.57 Å². The van der Waals surface area contributed by atoms with Crippen molar-refractivity contribution in [3.05, 3.63) is 94.4 Å². The van der Waals surface area contributed by atoms with Crippen LogP contribution in [0.3, 0.4) is 0 Å². The molecule has 0 aliphatic carbocycles. The molecule has 0 aliphatic rings. The highest BCUT2D eigenvalue weighted by atomic mass is 19.4. The van der Waals surface area contributed by atoms with E-state index in [1.165, 1.54) is 12.1 Å². The van der Waals surface area contributed by atoms with Gasteiger partial charge in [-0.3, -0.25) is 0 Å². The monoisotopic (exact) mass is 497 g/mol. The minimum Gasteiger partial charge on any atom is -0.478 e. The molecule has 1 N–H and O–H groups in total. The number of hydrogen-bond acceptors (Lipinski definition) is 1. The summed E-state index contributed by atoms with van der Waals surface area (Å²) in [5, 5.41) is 9.92. The van der Waals surface area contributed by atoms with Crippen LogP contribution in [-0.4, -0.2) is 15.6 Å². The molecule has 0 fully saturated rings. The van der Waals surface area contributed by atoms with Gasteiger partial charge in [-0.1, -0.05) is 32.0 Å². The minimum absolute atomic E-state index is 0.179. The fraction of sp³-hybridized carbons (Fsp3) is 0.276. The molecule has 3 aromatic carbocycles. The lowest BCUT2D eigenvalue weighted by Crippen LogP contribution is -2.13. The molecule has 188 valence electrons. The summed E-state index contributed by atoms with van der Waals surface area (Å²) in [4.78, 5) is 11.3. The summed E-state index contributed by atoms with van der Waals surface area (Å²) in [7, 11) is 0. The van der Waals surface area contributed by atoms with Crippen LogP contribution in [0.4, 0.5) is 17.6 Å². The SMILES string of the molecule is Cc1cc(C(F)(F)F)ccc1-c1cc(F)c2c(ccn2C(CC(C)C)c2ccc(C(=O)O)cc2)c1C. The molecular weight excluding hydrogens is 470 g/mol. The van der Waals surface area contributed by atoms with Crippen LogP contribution >= 0.6 is 0 Å². The number of fused-ring (bicyclic) bond motifs is 1. The van der Waals surface area contributed by atoms with Gasteiger partial charge >= 0.3 is 12.1 Å². The topological polar surface area (TPSA) is 42.2 Å². The van der Waals surface area contributed by atoms with Crippen molar-refractivity contribution in [2.75, 3.05) is 0 Å². The third-order valence-electron chi connectivity index (χ3n) is 6.64. The van der Waals surface area contributed by atoms with Crippen LogP contribution in [0.25, 0.3) is 22.0 Å². The lowest BCUT2D eigenvalue weighted by Gasteiger charge is -2.24. The molecular formula is C29H27F4NO2. The van der Waals surface area contributed by atoms with Crippen molar-refractivity contribution < 1.29 is 27.5 Å². The fourth-order valence-electron chi connectivity index (χ4n) is 4.84. The van der Waals surface area contributed by atoms with E-state index in [0.29, 0.717) is 34.0 Å². The predicted molar refractivity (Wildman–Crippen MR) is 133 cm³/mol. The second-order valence-corrected chi connectivity index (χ2v) is 9.62. The summed E-state index contributed by atoms with van der Waals surface area (Å²) >= 11 is 0. The third kappa shape index (κ3) is 4.74. The number of carbonyl (C=O) groups is 1. The Balaban J connectivity index is 1.84. The number of carboxylic acids is 1. The molecule has 4 rings (SSSR count). The maximum atomic E-state index is 15.7. The van der Waals surface area contributed by atoms with Gasteiger partial charge in [0.15, 0.2) is 0 Å². The molecule has 0 saturated carbocycles. The van der Waals surface area contributed by atoms with Crippen LogP contribution < -0.4 is 0 Å². The van der Waals surface area contributed by atoms with Crippen LogP contribution in [0, 0.1) is 25.6 Å². The molecule has 36 heavy (non-hydrogen) atoms. The molecule has 0 amide bonds. The standard InChI is InChI=1S/C29H27F4NO2/c1-16(2)13-26(19-5-7-20(8-6-19)28(35)36)34-12-11-23-18(4)24(15-25(30)27(23)34)22-10-9-21(14-17(22)3)29(31,32)33/h5-12,14-16,26H,13H2,1-4H3,(H,35,36). The van der Waals surface area contributed by atoms with Gasteiger partial charge in [-0.15, -0.1) is 0 Å². The summed E-state index contributed by atoms with van der Waals surface area (Å²) in [5.74, 6) is -1.20. The van der Waals surface area contributed by atoms with Gasteiger partial charge in [-0.05, 0) is 90.4 Å². The molecule has 1 atom stereocenters. The average Bonchev–Trinajstić information content (AvgIpc) is 3.25. The van der Waals surface area contributed by atoms with Crippen molar-refractivity contribution in [1.29, 1.82) is 0 Å². The van der Waals surface area contributed by atoms with Crippen molar-refractivity contribution in [2.45, 2.75) is 46.3 Å². The molecule has 0 aliphatic heterocycles. The van der Waals surface area contributed by atoms with E-state index in [-0.39, 0.29) is 17.5 Å². The molecule has 3 nitrogen and oxygen atoms in total. The molecule has 0 radical (unpaired) electrons. The zero-order valence-corrected chi connectivity index (χ0v) is 20.4. The van der Waals surface area contributed by atoms with Gasteiger partial charge in [0.25, 0.3) is 0 Å². The highest BCUT2D eigenvalue weighted by molar-refractivity contribution is 5.91. The number of rotatable bonds is 6. The van der Waals surface area contributed by atoms with E-state index >= 15 is 4.39 Å². The minimum atomic E-state index is -4.45. The van der Waals surface area contributed by atoms with E-state index in [0.717, 1.165) is 23.3 Å². The summed E-state index contributed by atoms with van der Waals surface area (Å²) in [5.41, 5.74) is 3.02. The fourth-order valence-corrected chi connectivity index (χ4v) is 4.84. The highest BCUT2D eigenvalue weighted by Gasteiger charge is 2.31. The predicted octanol–water partition coefficient (Wildman–Crippen LogP) is 8.42.